The molecule has 1 heterocycles. The molecular weight excluding hydrogens is 310 g/mol. The lowest BCUT2D eigenvalue weighted by Gasteiger charge is -2.33. The van der Waals surface area contributed by atoms with Crippen LogP contribution in [0.15, 0.2) is 24.3 Å². The van der Waals surface area contributed by atoms with E-state index in [9.17, 15) is 9.59 Å². The Morgan fingerprint density at radius 1 is 1.38 bits per heavy atom. The number of rotatable bonds is 4. The van der Waals surface area contributed by atoms with Gasteiger partial charge in [0.2, 0.25) is 0 Å². The summed E-state index contributed by atoms with van der Waals surface area (Å²) in [6.07, 6.45) is 0. The van der Waals surface area contributed by atoms with E-state index in [1.54, 1.807) is 35.7 Å². The fourth-order valence-electron chi connectivity index (χ4n) is 2.18. The van der Waals surface area contributed by atoms with Crippen LogP contribution in [0, 0.1) is 0 Å². The van der Waals surface area contributed by atoms with Crippen LogP contribution in [0.4, 0.5) is 0 Å². The molecule has 0 radical (unpaired) electrons. The number of thioether (sulfide) groups is 1. The Balaban J connectivity index is 2.15. The van der Waals surface area contributed by atoms with E-state index in [-0.39, 0.29) is 11.9 Å². The summed E-state index contributed by atoms with van der Waals surface area (Å²) in [5.74, 6) is 1.39. The minimum Gasteiger partial charge on any atom is -0.464 e. The van der Waals surface area contributed by atoms with E-state index in [1.165, 1.54) is 0 Å². The fraction of sp³-hybridized carbons (Fsp3) is 0.467. The molecule has 0 aromatic heterocycles. The van der Waals surface area contributed by atoms with E-state index in [1.807, 2.05) is 12.1 Å². The maximum Gasteiger partial charge on any atom is 0.329 e. The highest BCUT2D eigenvalue weighted by atomic mass is 35.5. The number of hydrogen-bond donors (Lipinski definition) is 0. The Kier molecular flexibility index (Phi) is 5.94. The standard InChI is InChI=1S/C15H18ClNO3S/c1-2-20-15(19)13-10-21-8-7-17(13)14(18)12-5-3-11(9-16)4-6-12/h3-6,13H,2,7-10H2,1H3. The molecule has 1 aliphatic rings. The lowest BCUT2D eigenvalue weighted by Crippen LogP contribution is -2.51. The predicted octanol–water partition coefficient (Wildman–Crippen LogP) is 2.55. The lowest BCUT2D eigenvalue weighted by atomic mass is 10.1. The van der Waals surface area contributed by atoms with Crippen molar-refractivity contribution in [3.05, 3.63) is 35.4 Å². The minimum atomic E-state index is -0.496. The fourth-order valence-corrected chi connectivity index (χ4v) is 3.39. The zero-order chi connectivity index (χ0) is 15.2. The molecule has 114 valence electrons. The molecule has 6 heteroatoms. The van der Waals surface area contributed by atoms with Crippen LogP contribution in [0.5, 0.6) is 0 Å². The summed E-state index contributed by atoms with van der Waals surface area (Å²) in [4.78, 5) is 26.2. The average molecular weight is 328 g/mol. The molecule has 0 spiro atoms. The predicted molar refractivity (Wildman–Crippen MR) is 84.8 cm³/mol. The van der Waals surface area contributed by atoms with Crippen molar-refractivity contribution in [1.82, 2.24) is 4.90 Å². The Hall–Kier alpha value is -1.20. The van der Waals surface area contributed by atoms with Gasteiger partial charge in [-0.1, -0.05) is 12.1 Å². The smallest absolute Gasteiger partial charge is 0.329 e. The second-order valence-corrected chi connectivity index (χ2v) is 6.09. The van der Waals surface area contributed by atoms with Crippen LogP contribution < -0.4 is 0 Å². The van der Waals surface area contributed by atoms with E-state index < -0.39 is 6.04 Å². The second kappa shape index (κ2) is 7.71. The molecule has 1 aliphatic heterocycles. The van der Waals surface area contributed by atoms with Gasteiger partial charge in [0.05, 0.1) is 6.61 Å². The van der Waals surface area contributed by atoms with Crippen LogP contribution in [0.2, 0.25) is 0 Å². The number of esters is 1. The Bertz CT molecular complexity index is 506. The first-order valence-electron chi connectivity index (χ1n) is 6.87. The number of nitrogens with zero attached hydrogens (tertiary/aromatic N) is 1. The van der Waals surface area contributed by atoms with Crippen LogP contribution in [0.25, 0.3) is 0 Å². The zero-order valence-corrected chi connectivity index (χ0v) is 13.5. The molecule has 1 saturated heterocycles. The molecule has 2 rings (SSSR count). The van der Waals surface area contributed by atoms with Crippen molar-refractivity contribution < 1.29 is 14.3 Å². The van der Waals surface area contributed by atoms with Crippen LogP contribution in [0.3, 0.4) is 0 Å². The summed E-state index contributed by atoms with van der Waals surface area (Å²) in [5, 5.41) is 0. The maximum absolute atomic E-state index is 12.6. The van der Waals surface area contributed by atoms with Crippen LogP contribution in [-0.2, 0) is 15.4 Å². The van der Waals surface area contributed by atoms with E-state index in [0.717, 1.165) is 11.3 Å². The van der Waals surface area contributed by atoms with Crippen molar-refractivity contribution in [3.8, 4) is 0 Å². The zero-order valence-electron chi connectivity index (χ0n) is 11.9. The van der Waals surface area contributed by atoms with Gasteiger partial charge < -0.3 is 9.64 Å². The van der Waals surface area contributed by atoms with Gasteiger partial charge in [-0.05, 0) is 24.6 Å². The first-order valence-corrected chi connectivity index (χ1v) is 8.56. The molecule has 0 aliphatic carbocycles. The van der Waals surface area contributed by atoms with Gasteiger partial charge in [-0.25, -0.2) is 4.79 Å². The number of benzene rings is 1. The van der Waals surface area contributed by atoms with Gasteiger partial charge in [-0.2, -0.15) is 11.8 Å². The lowest BCUT2D eigenvalue weighted by molar-refractivity contribution is -0.147. The van der Waals surface area contributed by atoms with Gasteiger partial charge in [0.1, 0.15) is 6.04 Å². The third-order valence-electron chi connectivity index (χ3n) is 3.30. The Labute approximate surface area is 133 Å². The number of alkyl halides is 1. The van der Waals surface area contributed by atoms with Gasteiger partial charge in [-0.15, -0.1) is 11.6 Å². The Morgan fingerprint density at radius 2 is 2.10 bits per heavy atom. The van der Waals surface area contributed by atoms with Gasteiger partial charge >= 0.3 is 5.97 Å². The SMILES string of the molecule is CCOC(=O)C1CSCCN1C(=O)c1ccc(CCl)cc1. The van der Waals surface area contributed by atoms with Gasteiger partial charge in [0, 0.05) is 29.5 Å². The van der Waals surface area contributed by atoms with Gasteiger partial charge in [-0.3, -0.25) is 4.79 Å². The molecule has 1 amide bonds. The van der Waals surface area contributed by atoms with E-state index in [4.69, 9.17) is 16.3 Å². The van der Waals surface area contributed by atoms with Crippen molar-refractivity contribution in [2.75, 3.05) is 24.7 Å². The van der Waals surface area contributed by atoms with Crippen molar-refractivity contribution in [2.24, 2.45) is 0 Å². The highest BCUT2D eigenvalue weighted by Crippen LogP contribution is 2.20. The number of carbonyl (C=O) groups excluding carboxylic acids is 2. The molecular formula is C15H18ClNO3S. The quantitative estimate of drug-likeness (QED) is 0.630. The van der Waals surface area contributed by atoms with Crippen molar-refractivity contribution in [3.63, 3.8) is 0 Å². The number of carbonyl (C=O) groups is 2. The molecule has 1 aromatic carbocycles. The van der Waals surface area contributed by atoms with Crippen LogP contribution >= 0.6 is 23.4 Å². The summed E-state index contributed by atoms with van der Waals surface area (Å²) in [6, 6.07) is 6.67. The van der Waals surface area contributed by atoms with E-state index in [0.29, 0.717) is 30.3 Å². The molecule has 21 heavy (non-hydrogen) atoms. The third kappa shape index (κ3) is 3.92. The van der Waals surface area contributed by atoms with Gasteiger partial charge in [0.25, 0.3) is 5.91 Å². The number of hydrogen-bond acceptors (Lipinski definition) is 4. The largest absolute Gasteiger partial charge is 0.464 e. The molecule has 0 N–H and O–H groups in total. The monoisotopic (exact) mass is 327 g/mol. The average Bonchev–Trinajstić information content (AvgIpc) is 2.54. The highest BCUT2D eigenvalue weighted by molar-refractivity contribution is 7.99. The van der Waals surface area contributed by atoms with Crippen molar-refractivity contribution in [1.29, 1.82) is 0 Å². The first kappa shape index (κ1) is 16.2. The Morgan fingerprint density at radius 3 is 2.71 bits per heavy atom. The summed E-state index contributed by atoms with van der Waals surface area (Å²) in [6.45, 7) is 2.65. The molecule has 1 fully saturated rings. The summed E-state index contributed by atoms with van der Waals surface area (Å²) < 4.78 is 5.07. The van der Waals surface area contributed by atoms with Crippen molar-refractivity contribution >= 4 is 35.2 Å². The maximum atomic E-state index is 12.6. The van der Waals surface area contributed by atoms with E-state index >= 15 is 0 Å². The van der Waals surface area contributed by atoms with Crippen LogP contribution in [0.1, 0.15) is 22.8 Å². The molecule has 4 nitrogen and oxygen atoms in total. The number of ether oxygens (including phenoxy) is 1. The molecule has 0 bridgehead atoms. The number of amides is 1. The first-order chi connectivity index (χ1) is 10.2. The summed E-state index contributed by atoms with van der Waals surface area (Å²) in [5.41, 5.74) is 1.54. The highest BCUT2D eigenvalue weighted by Gasteiger charge is 2.33. The van der Waals surface area contributed by atoms with Gasteiger partial charge in [0.15, 0.2) is 0 Å². The minimum absolute atomic E-state index is 0.130. The molecule has 0 saturated carbocycles. The topological polar surface area (TPSA) is 46.6 Å². The second-order valence-electron chi connectivity index (χ2n) is 4.67. The van der Waals surface area contributed by atoms with Crippen LogP contribution in [-0.4, -0.2) is 47.5 Å². The molecule has 1 atom stereocenters. The normalized spacial score (nSPS) is 18.4. The summed E-state index contributed by atoms with van der Waals surface area (Å²) in [7, 11) is 0. The van der Waals surface area contributed by atoms with E-state index in [2.05, 4.69) is 0 Å². The summed E-state index contributed by atoms with van der Waals surface area (Å²) >= 11 is 7.42. The van der Waals surface area contributed by atoms with Crippen molar-refractivity contribution in [2.45, 2.75) is 18.8 Å². The molecule has 1 unspecified atom stereocenters. The molecule has 1 aromatic rings. The third-order valence-corrected chi connectivity index (χ3v) is 4.63. The number of halogens is 1.